The summed E-state index contributed by atoms with van der Waals surface area (Å²) in [5, 5.41) is 19.0. The van der Waals surface area contributed by atoms with Crippen molar-refractivity contribution in [2.75, 3.05) is 0 Å². The highest BCUT2D eigenvalue weighted by Crippen LogP contribution is 2.31. The van der Waals surface area contributed by atoms with Crippen molar-refractivity contribution in [1.29, 1.82) is 0 Å². The lowest BCUT2D eigenvalue weighted by Crippen LogP contribution is -2.33. The molecule has 0 aromatic heterocycles. The molecule has 0 saturated heterocycles. The van der Waals surface area contributed by atoms with Crippen LogP contribution < -0.4 is 0 Å². The quantitative estimate of drug-likeness (QED) is 0.558. The Morgan fingerprint density at radius 1 is 1.55 bits per heavy atom. The van der Waals surface area contributed by atoms with Crippen LogP contribution in [0.4, 0.5) is 0 Å². The van der Waals surface area contributed by atoms with E-state index in [1.807, 2.05) is 13.8 Å². The Morgan fingerprint density at radius 3 is 2.55 bits per heavy atom. The largest absolute Gasteiger partial charge is 0.508 e. The molecular formula is C9H14O2. The topological polar surface area (TPSA) is 40.5 Å². The van der Waals surface area contributed by atoms with Crippen LogP contribution in [0.1, 0.15) is 20.8 Å². The van der Waals surface area contributed by atoms with Gasteiger partial charge in [-0.3, -0.25) is 0 Å². The molecule has 2 N–H and O–H groups in total. The zero-order valence-electron chi connectivity index (χ0n) is 7.13. The summed E-state index contributed by atoms with van der Waals surface area (Å²) in [6, 6.07) is 0. The van der Waals surface area contributed by atoms with Crippen molar-refractivity contribution < 1.29 is 10.2 Å². The highest BCUT2D eigenvalue weighted by Gasteiger charge is 2.30. The number of hydrogen-bond acceptors (Lipinski definition) is 2. The molecule has 2 nitrogen and oxygen atoms in total. The number of hydrogen-bond donors (Lipinski definition) is 2. The first-order valence-corrected chi connectivity index (χ1v) is 3.76. The van der Waals surface area contributed by atoms with Crippen LogP contribution in [0, 0.1) is 5.92 Å². The molecule has 11 heavy (non-hydrogen) atoms. The number of rotatable bonds is 0. The monoisotopic (exact) mass is 154 g/mol. The first-order chi connectivity index (χ1) is 4.95. The number of aliphatic hydroxyl groups is 2. The maximum atomic E-state index is 9.70. The molecule has 0 aromatic rings. The lowest BCUT2D eigenvalue weighted by molar-refractivity contribution is 0.0648. The van der Waals surface area contributed by atoms with Crippen LogP contribution in [0.5, 0.6) is 0 Å². The second-order valence-corrected chi connectivity index (χ2v) is 3.35. The van der Waals surface area contributed by atoms with Crippen LogP contribution in [0.25, 0.3) is 0 Å². The molecular weight excluding hydrogens is 140 g/mol. The van der Waals surface area contributed by atoms with E-state index in [9.17, 15) is 10.2 Å². The zero-order valence-corrected chi connectivity index (χ0v) is 7.13. The van der Waals surface area contributed by atoms with Gasteiger partial charge in [0.1, 0.15) is 5.76 Å². The summed E-state index contributed by atoms with van der Waals surface area (Å²) in [6.07, 6.45) is 3.18. The SMILES string of the molecule is CC1=C(O)C=CC(C)(O)C1C. The summed E-state index contributed by atoms with van der Waals surface area (Å²) in [6.45, 7) is 5.47. The van der Waals surface area contributed by atoms with E-state index in [-0.39, 0.29) is 11.7 Å². The Labute approximate surface area is 66.9 Å². The molecule has 0 bridgehead atoms. The summed E-state index contributed by atoms with van der Waals surface area (Å²) in [5.41, 5.74) is 0.0357. The van der Waals surface area contributed by atoms with Crippen molar-refractivity contribution in [1.82, 2.24) is 0 Å². The zero-order chi connectivity index (χ0) is 8.65. The molecule has 0 radical (unpaired) electrons. The molecule has 2 atom stereocenters. The fraction of sp³-hybridized carbons (Fsp3) is 0.556. The van der Waals surface area contributed by atoms with E-state index in [1.54, 1.807) is 19.1 Å². The van der Waals surface area contributed by atoms with Gasteiger partial charge in [-0.15, -0.1) is 0 Å². The third kappa shape index (κ3) is 1.31. The van der Waals surface area contributed by atoms with E-state index in [4.69, 9.17) is 0 Å². The molecule has 1 aliphatic carbocycles. The van der Waals surface area contributed by atoms with Gasteiger partial charge in [0.25, 0.3) is 0 Å². The van der Waals surface area contributed by atoms with Crippen LogP contribution in [0.15, 0.2) is 23.5 Å². The van der Waals surface area contributed by atoms with Gasteiger partial charge in [0.2, 0.25) is 0 Å². The van der Waals surface area contributed by atoms with Gasteiger partial charge in [-0.1, -0.05) is 6.92 Å². The molecule has 2 unspecified atom stereocenters. The molecule has 2 heteroatoms. The number of allylic oxidation sites excluding steroid dienone is 1. The van der Waals surface area contributed by atoms with Crippen LogP contribution in [-0.4, -0.2) is 15.8 Å². The van der Waals surface area contributed by atoms with Gasteiger partial charge in [-0.2, -0.15) is 0 Å². The van der Waals surface area contributed by atoms with Crippen molar-refractivity contribution >= 4 is 0 Å². The van der Waals surface area contributed by atoms with Crippen molar-refractivity contribution in [2.45, 2.75) is 26.4 Å². The summed E-state index contributed by atoms with van der Waals surface area (Å²) in [5.74, 6) is 0.275. The first kappa shape index (κ1) is 8.34. The van der Waals surface area contributed by atoms with Gasteiger partial charge >= 0.3 is 0 Å². The first-order valence-electron chi connectivity index (χ1n) is 3.76. The van der Waals surface area contributed by atoms with Crippen LogP contribution in [0.2, 0.25) is 0 Å². The molecule has 0 heterocycles. The Hall–Kier alpha value is -0.760. The maximum Gasteiger partial charge on any atom is 0.114 e. The maximum absolute atomic E-state index is 9.70. The second-order valence-electron chi connectivity index (χ2n) is 3.35. The van der Waals surface area contributed by atoms with Crippen molar-refractivity contribution in [3.05, 3.63) is 23.5 Å². The normalized spacial score (nSPS) is 38.0. The van der Waals surface area contributed by atoms with Crippen LogP contribution >= 0.6 is 0 Å². The molecule has 0 fully saturated rings. The minimum Gasteiger partial charge on any atom is -0.508 e. The summed E-state index contributed by atoms with van der Waals surface area (Å²) >= 11 is 0. The summed E-state index contributed by atoms with van der Waals surface area (Å²) < 4.78 is 0. The molecule has 0 aromatic carbocycles. The molecule has 62 valence electrons. The van der Waals surface area contributed by atoms with Crippen molar-refractivity contribution in [2.24, 2.45) is 5.92 Å². The van der Waals surface area contributed by atoms with Gasteiger partial charge in [0, 0.05) is 5.92 Å². The fourth-order valence-corrected chi connectivity index (χ4v) is 1.18. The Kier molecular flexibility index (Phi) is 1.80. The third-order valence-electron chi connectivity index (χ3n) is 2.51. The lowest BCUT2D eigenvalue weighted by Gasteiger charge is -2.31. The molecule has 0 spiro atoms. The van der Waals surface area contributed by atoms with Crippen LogP contribution in [-0.2, 0) is 0 Å². The van der Waals surface area contributed by atoms with Gasteiger partial charge in [-0.25, -0.2) is 0 Å². The van der Waals surface area contributed by atoms with Gasteiger partial charge in [0.15, 0.2) is 0 Å². The van der Waals surface area contributed by atoms with Crippen LogP contribution in [0.3, 0.4) is 0 Å². The molecule has 0 aliphatic heterocycles. The third-order valence-corrected chi connectivity index (χ3v) is 2.51. The Bertz CT molecular complexity index is 224. The molecule has 1 rings (SSSR count). The molecule has 1 aliphatic rings. The van der Waals surface area contributed by atoms with E-state index in [0.29, 0.717) is 0 Å². The summed E-state index contributed by atoms with van der Waals surface area (Å²) in [7, 11) is 0. The minimum absolute atomic E-state index is 0.00694. The smallest absolute Gasteiger partial charge is 0.114 e. The van der Waals surface area contributed by atoms with E-state index >= 15 is 0 Å². The predicted octanol–water partition coefficient (Wildman–Crippen LogP) is 1.78. The minimum atomic E-state index is -0.809. The van der Waals surface area contributed by atoms with E-state index in [1.165, 1.54) is 0 Å². The average Bonchev–Trinajstić information content (AvgIpc) is 1.95. The Balaban J connectivity index is 3.01. The molecule has 0 saturated carbocycles. The van der Waals surface area contributed by atoms with E-state index < -0.39 is 5.60 Å². The highest BCUT2D eigenvalue weighted by atomic mass is 16.3. The van der Waals surface area contributed by atoms with Crippen molar-refractivity contribution in [3.8, 4) is 0 Å². The summed E-state index contributed by atoms with van der Waals surface area (Å²) in [4.78, 5) is 0. The van der Waals surface area contributed by atoms with Crippen molar-refractivity contribution in [3.63, 3.8) is 0 Å². The predicted molar refractivity (Wildman–Crippen MR) is 44.3 cm³/mol. The van der Waals surface area contributed by atoms with Gasteiger partial charge < -0.3 is 10.2 Å². The standard InChI is InChI=1S/C9H14O2/c1-6-7(2)9(3,11)5-4-8(6)10/h4-5,7,10-11H,1-3H3. The molecule has 0 amide bonds. The van der Waals surface area contributed by atoms with E-state index in [0.717, 1.165) is 5.57 Å². The van der Waals surface area contributed by atoms with Gasteiger partial charge in [-0.05, 0) is 31.6 Å². The van der Waals surface area contributed by atoms with E-state index in [2.05, 4.69) is 0 Å². The fourth-order valence-electron chi connectivity index (χ4n) is 1.18. The Morgan fingerprint density at radius 2 is 2.09 bits per heavy atom. The second kappa shape index (κ2) is 2.38. The highest BCUT2D eigenvalue weighted by molar-refractivity contribution is 5.30. The lowest BCUT2D eigenvalue weighted by atomic mass is 9.81. The average molecular weight is 154 g/mol. The number of aliphatic hydroxyl groups excluding tert-OH is 1. The van der Waals surface area contributed by atoms with Gasteiger partial charge in [0.05, 0.1) is 5.60 Å².